The number of carbonyl (C=O) groups excluding carboxylic acids is 1. The van der Waals surface area contributed by atoms with E-state index < -0.39 is 6.04 Å². The minimum absolute atomic E-state index is 0.00106. The van der Waals surface area contributed by atoms with E-state index in [1.54, 1.807) is 11.9 Å². The Bertz CT molecular complexity index is 400. The number of rotatable bonds is 1. The molecule has 84 valence electrons. The monoisotopic (exact) mass is 216 g/mol. The first-order valence-electron chi connectivity index (χ1n) is 5.44. The molecule has 1 heterocycles. The summed E-state index contributed by atoms with van der Waals surface area (Å²) in [5.74, 6) is -0.00106. The molecule has 0 spiro atoms. The molecule has 1 amide bonds. The minimum atomic E-state index is -0.407. The largest absolute Gasteiger partial charge is 0.334 e. The highest BCUT2D eigenvalue weighted by molar-refractivity contribution is 5.82. The summed E-state index contributed by atoms with van der Waals surface area (Å²) in [6, 6.07) is 9.57. The Labute approximate surface area is 95.6 Å². The van der Waals surface area contributed by atoms with Gasteiger partial charge in [0.2, 0.25) is 5.91 Å². The van der Waals surface area contributed by atoms with Gasteiger partial charge < -0.3 is 10.6 Å². The number of hydrogen-bond donors (Lipinski definition) is 1. The van der Waals surface area contributed by atoms with Gasteiger partial charge >= 0.3 is 0 Å². The van der Waals surface area contributed by atoms with Crippen LogP contribution in [0.1, 0.15) is 18.0 Å². The maximum Gasteiger partial charge on any atom is 0.240 e. The van der Waals surface area contributed by atoms with Gasteiger partial charge in [-0.2, -0.15) is 0 Å². The topological polar surface area (TPSA) is 46.3 Å². The Hall–Kier alpha value is -1.61. The van der Waals surface area contributed by atoms with Crippen molar-refractivity contribution in [2.75, 3.05) is 7.05 Å². The number of likely N-dealkylation sites (N-methyl/N-ethyl adjacent to an activating group) is 1. The van der Waals surface area contributed by atoms with E-state index in [4.69, 9.17) is 5.73 Å². The number of nitrogens with zero attached hydrogens (tertiary/aromatic N) is 1. The van der Waals surface area contributed by atoms with Crippen LogP contribution in [-0.2, 0) is 4.79 Å². The summed E-state index contributed by atoms with van der Waals surface area (Å²) in [5.41, 5.74) is 6.88. The van der Waals surface area contributed by atoms with Crippen LogP contribution in [0, 0.1) is 0 Å². The molecule has 0 radical (unpaired) electrons. The van der Waals surface area contributed by atoms with E-state index in [1.807, 2.05) is 42.5 Å². The zero-order valence-corrected chi connectivity index (χ0v) is 9.34. The van der Waals surface area contributed by atoms with Crippen LogP contribution < -0.4 is 5.73 Å². The first-order valence-corrected chi connectivity index (χ1v) is 5.44. The summed E-state index contributed by atoms with van der Waals surface area (Å²) in [6.07, 6.45) is 4.65. The summed E-state index contributed by atoms with van der Waals surface area (Å²) in [5, 5.41) is 0. The van der Waals surface area contributed by atoms with Crippen molar-refractivity contribution >= 4 is 5.91 Å². The predicted molar refractivity (Wildman–Crippen MR) is 63.7 cm³/mol. The van der Waals surface area contributed by atoms with E-state index in [1.165, 1.54) is 0 Å². The van der Waals surface area contributed by atoms with Crippen LogP contribution in [0.25, 0.3) is 0 Å². The van der Waals surface area contributed by atoms with Crippen LogP contribution in [0.3, 0.4) is 0 Å². The van der Waals surface area contributed by atoms with Crippen LogP contribution in [-0.4, -0.2) is 23.9 Å². The molecular formula is C13H16N2O. The highest BCUT2D eigenvalue weighted by atomic mass is 16.2. The standard InChI is InChI=1S/C13H16N2O/c1-15-12(10-6-3-2-4-7-10)9-5-8-11(14)13(15)16/h2-7,9,11-12H,8,14H2,1H3/t11-,12?/m0/s1. The third-order valence-electron chi connectivity index (χ3n) is 2.93. The van der Waals surface area contributed by atoms with Crippen molar-refractivity contribution in [2.24, 2.45) is 5.73 Å². The normalized spacial score (nSPS) is 25.6. The second-order valence-electron chi connectivity index (χ2n) is 4.08. The van der Waals surface area contributed by atoms with Crippen molar-refractivity contribution in [1.29, 1.82) is 0 Å². The molecule has 0 saturated heterocycles. The van der Waals surface area contributed by atoms with Crippen molar-refractivity contribution < 1.29 is 4.79 Å². The molecular weight excluding hydrogens is 200 g/mol. The lowest BCUT2D eigenvalue weighted by Gasteiger charge is -2.26. The van der Waals surface area contributed by atoms with Gasteiger partial charge in [0.25, 0.3) is 0 Å². The molecule has 3 nitrogen and oxygen atoms in total. The zero-order chi connectivity index (χ0) is 11.5. The molecule has 0 aliphatic carbocycles. The minimum Gasteiger partial charge on any atom is -0.334 e. The third-order valence-corrected chi connectivity index (χ3v) is 2.93. The Balaban J connectivity index is 2.31. The molecule has 2 atom stereocenters. The van der Waals surface area contributed by atoms with Crippen LogP contribution in [0.2, 0.25) is 0 Å². The average molecular weight is 216 g/mol. The lowest BCUT2D eigenvalue weighted by molar-refractivity contribution is -0.132. The molecule has 0 bridgehead atoms. The van der Waals surface area contributed by atoms with E-state index in [-0.39, 0.29) is 11.9 Å². The third kappa shape index (κ3) is 1.99. The van der Waals surface area contributed by atoms with Crippen molar-refractivity contribution in [2.45, 2.75) is 18.5 Å². The van der Waals surface area contributed by atoms with Gasteiger partial charge in [0, 0.05) is 7.05 Å². The molecule has 1 aliphatic heterocycles. The van der Waals surface area contributed by atoms with Crippen molar-refractivity contribution in [3.63, 3.8) is 0 Å². The molecule has 1 unspecified atom stereocenters. The number of benzene rings is 1. The molecule has 1 aromatic carbocycles. The second-order valence-corrected chi connectivity index (χ2v) is 4.08. The van der Waals surface area contributed by atoms with E-state index in [9.17, 15) is 4.79 Å². The zero-order valence-electron chi connectivity index (χ0n) is 9.34. The van der Waals surface area contributed by atoms with Gasteiger partial charge in [-0.05, 0) is 12.0 Å². The summed E-state index contributed by atoms with van der Waals surface area (Å²) in [6.45, 7) is 0. The quantitative estimate of drug-likeness (QED) is 0.723. The van der Waals surface area contributed by atoms with Gasteiger partial charge in [0.05, 0.1) is 12.1 Å². The molecule has 0 aromatic heterocycles. The van der Waals surface area contributed by atoms with E-state index in [0.717, 1.165) is 5.56 Å². The Kier molecular flexibility index (Phi) is 3.06. The maximum absolute atomic E-state index is 11.9. The highest BCUT2D eigenvalue weighted by Crippen LogP contribution is 2.24. The fourth-order valence-corrected chi connectivity index (χ4v) is 1.97. The van der Waals surface area contributed by atoms with Crippen LogP contribution in [0.15, 0.2) is 42.5 Å². The van der Waals surface area contributed by atoms with Crippen LogP contribution in [0.4, 0.5) is 0 Å². The van der Waals surface area contributed by atoms with E-state index in [0.29, 0.717) is 6.42 Å². The van der Waals surface area contributed by atoms with Crippen LogP contribution >= 0.6 is 0 Å². The van der Waals surface area contributed by atoms with Crippen LogP contribution in [0.5, 0.6) is 0 Å². The van der Waals surface area contributed by atoms with E-state index >= 15 is 0 Å². The van der Waals surface area contributed by atoms with Gasteiger partial charge in [-0.15, -0.1) is 0 Å². The van der Waals surface area contributed by atoms with Gasteiger partial charge in [-0.1, -0.05) is 42.5 Å². The van der Waals surface area contributed by atoms with Crippen molar-refractivity contribution in [1.82, 2.24) is 4.90 Å². The summed E-state index contributed by atoms with van der Waals surface area (Å²) >= 11 is 0. The lowest BCUT2D eigenvalue weighted by Crippen LogP contribution is -2.41. The Morgan fingerprint density at radius 1 is 1.31 bits per heavy atom. The highest BCUT2D eigenvalue weighted by Gasteiger charge is 2.25. The molecule has 16 heavy (non-hydrogen) atoms. The predicted octanol–water partition coefficient (Wildman–Crippen LogP) is 1.47. The number of nitrogens with two attached hydrogens (primary N) is 1. The van der Waals surface area contributed by atoms with E-state index in [2.05, 4.69) is 0 Å². The van der Waals surface area contributed by atoms with Gasteiger partial charge in [0.1, 0.15) is 0 Å². The summed E-state index contributed by atoms with van der Waals surface area (Å²) in [4.78, 5) is 13.6. The summed E-state index contributed by atoms with van der Waals surface area (Å²) < 4.78 is 0. The fourth-order valence-electron chi connectivity index (χ4n) is 1.97. The van der Waals surface area contributed by atoms with Gasteiger partial charge in [0.15, 0.2) is 0 Å². The number of amides is 1. The molecule has 3 heteroatoms. The Morgan fingerprint density at radius 2 is 2.00 bits per heavy atom. The van der Waals surface area contributed by atoms with Gasteiger partial charge in [-0.25, -0.2) is 0 Å². The lowest BCUT2D eigenvalue weighted by atomic mass is 10.1. The molecule has 0 fully saturated rings. The molecule has 0 saturated carbocycles. The van der Waals surface area contributed by atoms with Crippen molar-refractivity contribution in [3.05, 3.63) is 48.0 Å². The molecule has 2 N–H and O–H groups in total. The van der Waals surface area contributed by atoms with Crippen molar-refractivity contribution in [3.8, 4) is 0 Å². The number of hydrogen-bond acceptors (Lipinski definition) is 2. The Morgan fingerprint density at radius 3 is 2.69 bits per heavy atom. The molecule has 1 aromatic rings. The molecule has 1 aliphatic rings. The SMILES string of the molecule is CN1C(=O)[C@@H](N)CC=CC1c1ccccc1. The first kappa shape index (κ1) is 10.9. The fraction of sp³-hybridized carbons (Fsp3) is 0.308. The van der Waals surface area contributed by atoms with Gasteiger partial charge in [-0.3, -0.25) is 4.79 Å². The smallest absolute Gasteiger partial charge is 0.240 e. The maximum atomic E-state index is 11.9. The molecule has 2 rings (SSSR count). The second kappa shape index (κ2) is 4.49. The summed E-state index contributed by atoms with van der Waals surface area (Å²) in [7, 11) is 1.80. The number of carbonyl (C=O) groups is 1. The average Bonchev–Trinajstić information content (AvgIpc) is 2.44. The first-order chi connectivity index (χ1) is 7.70.